The molecule has 0 bridgehead atoms. The number of fused-ring (bicyclic) bond motifs is 1. The molecule has 1 heterocycles. The second-order valence-corrected chi connectivity index (χ2v) is 6.54. The number of halogens is 1. The zero-order valence-electron chi connectivity index (χ0n) is 9.67. The fraction of sp³-hybridized carbons (Fsp3) is 0.417. The van der Waals surface area contributed by atoms with E-state index in [2.05, 4.69) is 52.3 Å². The lowest BCUT2D eigenvalue weighted by Gasteiger charge is -2.19. The highest BCUT2D eigenvalue weighted by atomic mass is 79.9. The molecule has 0 atom stereocenters. The van der Waals surface area contributed by atoms with Crippen molar-refractivity contribution in [2.24, 2.45) is 5.41 Å². The predicted molar refractivity (Wildman–Crippen MR) is 74.3 cm³/mol. The summed E-state index contributed by atoms with van der Waals surface area (Å²) in [6, 6.07) is 6.18. The van der Waals surface area contributed by atoms with Gasteiger partial charge in [-0.3, -0.25) is 0 Å². The van der Waals surface area contributed by atoms with E-state index in [1.54, 1.807) is 0 Å². The van der Waals surface area contributed by atoms with Crippen LogP contribution in [-0.2, 0) is 6.54 Å². The molecule has 0 aliphatic carbocycles. The predicted octanol–water partition coefficient (Wildman–Crippen LogP) is 4.51. The van der Waals surface area contributed by atoms with Gasteiger partial charge in [0.25, 0.3) is 0 Å². The van der Waals surface area contributed by atoms with Gasteiger partial charge in [0.2, 0.25) is 0 Å². The normalized spacial score (nSPS) is 12.2. The molecule has 16 heavy (non-hydrogen) atoms. The van der Waals surface area contributed by atoms with Crippen LogP contribution in [0.4, 0.5) is 0 Å². The topological polar surface area (TPSA) is 20.7 Å². The molecule has 2 nitrogen and oxygen atoms in total. The Hall–Kier alpha value is -0.610. The quantitative estimate of drug-likeness (QED) is 0.768. The standard InChI is InChI=1S/C12H15BrN2S/c1-12(2,3)7-15-10-6-8(13)4-5-9(10)14-11(15)16/h4-6H,7H2,1-3H3,(H,14,16). The van der Waals surface area contributed by atoms with Gasteiger partial charge in [-0.2, -0.15) is 0 Å². The maximum atomic E-state index is 5.36. The number of H-pyrrole nitrogens is 1. The van der Waals surface area contributed by atoms with Crippen molar-refractivity contribution in [2.75, 3.05) is 0 Å². The molecule has 86 valence electrons. The van der Waals surface area contributed by atoms with Crippen LogP contribution in [0.1, 0.15) is 20.8 Å². The molecule has 0 amide bonds. The van der Waals surface area contributed by atoms with Crippen LogP contribution in [-0.4, -0.2) is 9.55 Å². The SMILES string of the molecule is CC(C)(C)Cn1c(=S)[nH]c2ccc(Br)cc21. The van der Waals surface area contributed by atoms with Crippen LogP contribution in [0.25, 0.3) is 11.0 Å². The molecule has 0 saturated heterocycles. The van der Waals surface area contributed by atoms with E-state index in [9.17, 15) is 0 Å². The number of nitrogens with zero attached hydrogens (tertiary/aromatic N) is 1. The summed E-state index contributed by atoms with van der Waals surface area (Å²) in [6.45, 7) is 7.56. The minimum Gasteiger partial charge on any atom is -0.331 e. The lowest BCUT2D eigenvalue weighted by atomic mass is 9.97. The first kappa shape index (κ1) is 11.9. The minimum atomic E-state index is 0.218. The number of aromatic nitrogens is 2. The van der Waals surface area contributed by atoms with Gasteiger partial charge in [0.1, 0.15) is 0 Å². The molecule has 1 aromatic carbocycles. The summed E-state index contributed by atoms with van der Waals surface area (Å²) in [4.78, 5) is 3.23. The summed E-state index contributed by atoms with van der Waals surface area (Å²) < 4.78 is 4.04. The van der Waals surface area contributed by atoms with Crippen molar-refractivity contribution in [1.29, 1.82) is 0 Å². The highest BCUT2D eigenvalue weighted by Crippen LogP contribution is 2.24. The molecule has 1 N–H and O–H groups in total. The van der Waals surface area contributed by atoms with Gasteiger partial charge in [-0.05, 0) is 35.8 Å². The Balaban J connectivity index is 2.63. The molecular weight excluding hydrogens is 284 g/mol. The van der Waals surface area contributed by atoms with Gasteiger partial charge in [-0.25, -0.2) is 0 Å². The largest absolute Gasteiger partial charge is 0.331 e. The van der Waals surface area contributed by atoms with E-state index in [-0.39, 0.29) is 5.41 Å². The van der Waals surface area contributed by atoms with Crippen molar-refractivity contribution in [1.82, 2.24) is 9.55 Å². The zero-order chi connectivity index (χ0) is 11.9. The maximum Gasteiger partial charge on any atom is 0.178 e. The van der Waals surface area contributed by atoms with Gasteiger partial charge in [0.15, 0.2) is 4.77 Å². The first-order chi connectivity index (χ1) is 7.37. The molecule has 2 aromatic rings. The van der Waals surface area contributed by atoms with E-state index in [4.69, 9.17) is 12.2 Å². The Morgan fingerprint density at radius 3 is 2.69 bits per heavy atom. The van der Waals surface area contributed by atoms with Gasteiger partial charge in [0, 0.05) is 11.0 Å². The minimum absolute atomic E-state index is 0.218. The van der Waals surface area contributed by atoms with Crippen LogP contribution < -0.4 is 0 Å². The number of nitrogens with one attached hydrogen (secondary N) is 1. The number of rotatable bonds is 1. The molecule has 0 radical (unpaired) electrons. The fourth-order valence-corrected chi connectivity index (χ4v) is 2.38. The highest BCUT2D eigenvalue weighted by Gasteiger charge is 2.14. The van der Waals surface area contributed by atoms with E-state index in [1.807, 2.05) is 12.1 Å². The number of hydrogen-bond donors (Lipinski definition) is 1. The van der Waals surface area contributed by atoms with Crippen molar-refractivity contribution in [2.45, 2.75) is 27.3 Å². The second-order valence-electron chi connectivity index (χ2n) is 5.24. The van der Waals surface area contributed by atoms with Crippen LogP contribution in [0, 0.1) is 10.2 Å². The molecule has 0 fully saturated rings. The van der Waals surface area contributed by atoms with E-state index in [0.717, 1.165) is 26.8 Å². The number of aromatic amines is 1. The summed E-state index contributed by atoms with van der Waals surface area (Å²) in [7, 11) is 0. The summed E-state index contributed by atoms with van der Waals surface area (Å²) in [5.74, 6) is 0. The zero-order valence-corrected chi connectivity index (χ0v) is 12.1. The molecule has 0 aliphatic heterocycles. The second kappa shape index (κ2) is 4.00. The van der Waals surface area contributed by atoms with Gasteiger partial charge in [0.05, 0.1) is 11.0 Å². The number of imidazole rings is 1. The summed E-state index contributed by atoms with van der Waals surface area (Å²) in [6.07, 6.45) is 0. The molecule has 2 rings (SSSR count). The molecule has 0 unspecified atom stereocenters. The molecule has 4 heteroatoms. The van der Waals surface area contributed by atoms with E-state index in [1.165, 1.54) is 0 Å². The molecule has 0 saturated carbocycles. The van der Waals surface area contributed by atoms with Crippen LogP contribution in [0.3, 0.4) is 0 Å². The van der Waals surface area contributed by atoms with Gasteiger partial charge >= 0.3 is 0 Å². The Morgan fingerprint density at radius 2 is 2.06 bits per heavy atom. The average Bonchev–Trinajstić information content (AvgIpc) is 2.42. The third-order valence-electron chi connectivity index (χ3n) is 2.37. The first-order valence-electron chi connectivity index (χ1n) is 5.25. The van der Waals surface area contributed by atoms with Crippen LogP contribution in [0.5, 0.6) is 0 Å². The van der Waals surface area contributed by atoms with Crippen molar-refractivity contribution in [3.8, 4) is 0 Å². The van der Waals surface area contributed by atoms with Gasteiger partial charge in [-0.15, -0.1) is 0 Å². The monoisotopic (exact) mass is 298 g/mol. The van der Waals surface area contributed by atoms with Gasteiger partial charge < -0.3 is 9.55 Å². The molecule has 1 aromatic heterocycles. The summed E-state index contributed by atoms with van der Waals surface area (Å²) in [5.41, 5.74) is 2.47. The van der Waals surface area contributed by atoms with Crippen LogP contribution in [0.2, 0.25) is 0 Å². The van der Waals surface area contributed by atoms with Crippen LogP contribution >= 0.6 is 28.1 Å². The Labute approximate surface area is 109 Å². The fourth-order valence-electron chi connectivity index (χ4n) is 1.76. The third-order valence-corrected chi connectivity index (χ3v) is 3.19. The maximum absolute atomic E-state index is 5.36. The smallest absolute Gasteiger partial charge is 0.178 e. The van der Waals surface area contributed by atoms with Gasteiger partial charge in [-0.1, -0.05) is 36.7 Å². The van der Waals surface area contributed by atoms with Crippen molar-refractivity contribution in [3.05, 3.63) is 27.4 Å². The molecule has 0 spiro atoms. The molecular formula is C12H15BrN2S. The van der Waals surface area contributed by atoms with E-state index in [0.29, 0.717) is 0 Å². The van der Waals surface area contributed by atoms with Crippen LogP contribution in [0.15, 0.2) is 22.7 Å². The van der Waals surface area contributed by atoms with E-state index < -0.39 is 0 Å². The molecule has 0 aliphatic rings. The summed E-state index contributed by atoms with van der Waals surface area (Å²) in [5, 5.41) is 0. The highest BCUT2D eigenvalue weighted by molar-refractivity contribution is 9.10. The van der Waals surface area contributed by atoms with E-state index >= 15 is 0 Å². The third kappa shape index (κ3) is 2.38. The average molecular weight is 299 g/mol. The number of benzene rings is 1. The Bertz CT molecular complexity index is 575. The lowest BCUT2D eigenvalue weighted by molar-refractivity contribution is 0.346. The lowest BCUT2D eigenvalue weighted by Crippen LogP contribution is -2.15. The summed E-state index contributed by atoms with van der Waals surface area (Å²) >= 11 is 8.85. The Morgan fingerprint density at radius 1 is 1.38 bits per heavy atom. The van der Waals surface area contributed by atoms with Crippen molar-refractivity contribution in [3.63, 3.8) is 0 Å². The number of hydrogen-bond acceptors (Lipinski definition) is 1. The Kier molecular flexibility index (Phi) is 2.97. The van der Waals surface area contributed by atoms with Crippen molar-refractivity contribution < 1.29 is 0 Å². The first-order valence-corrected chi connectivity index (χ1v) is 6.45. The van der Waals surface area contributed by atoms with Crippen molar-refractivity contribution >= 4 is 39.2 Å².